The molecule has 0 aliphatic heterocycles. The molecule has 0 saturated carbocycles. The molecular formula is C28H20FIN2O3. The Morgan fingerprint density at radius 3 is 2.54 bits per heavy atom. The number of para-hydroxylation sites is 1. The molecule has 5 nitrogen and oxygen atoms in total. The summed E-state index contributed by atoms with van der Waals surface area (Å²) < 4.78 is 26.2. The van der Waals surface area contributed by atoms with E-state index in [2.05, 4.69) is 52.2 Å². The molecule has 7 heteroatoms. The van der Waals surface area contributed by atoms with Crippen LogP contribution in [0, 0.1) is 20.7 Å². The van der Waals surface area contributed by atoms with Crippen molar-refractivity contribution in [1.29, 1.82) is 5.26 Å². The van der Waals surface area contributed by atoms with E-state index < -0.39 is 11.7 Å². The Balaban J connectivity index is 1.55. The van der Waals surface area contributed by atoms with E-state index in [1.54, 1.807) is 18.2 Å². The normalized spacial score (nSPS) is 11.1. The van der Waals surface area contributed by atoms with Crippen LogP contribution in [0.4, 0.5) is 10.1 Å². The summed E-state index contributed by atoms with van der Waals surface area (Å²) in [4.78, 5) is 12.5. The third-order valence-electron chi connectivity index (χ3n) is 5.25. The van der Waals surface area contributed by atoms with Gasteiger partial charge < -0.3 is 14.8 Å². The van der Waals surface area contributed by atoms with E-state index in [1.807, 2.05) is 24.3 Å². The van der Waals surface area contributed by atoms with Gasteiger partial charge in [-0.1, -0.05) is 48.5 Å². The number of anilines is 1. The van der Waals surface area contributed by atoms with Crippen molar-refractivity contribution >= 4 is 51.0 Å². The fourth-order valence-electron chi connectivity index (χ4n) is 3.51. The largest absolute Gasteiger partial charge is 0.493 e. The molecule has 0 bridgehead atoms. The fraction of sp³-hybridized carbons (Fsp3) is 0.0714. The molecule has 0 heterocycles. The molecular weight excluding hydrogens is 558 g/mol. The maximum Gasteiger partial charge on any atom is 0.266 e. The number of hydrogen-bond donors (Lipinski definition) is 1. The molecule has 0 unspecified atom stereocenters. The van der Waals surface area contributed by atoms with E-state index in [0.29, 0.717) is 23.7 Å². The van der Waals surface area contributed by atoms with Crippen LogP contribution in [0.25, 0.3) is 16.8 Å². The molecule has 174 valence electrons. The summed E-state index contributed by atoms with van der Waals surface area (Å²) >= 11 is 2.12. The lowest BCUT2D eigenvalue weighted by Gasteiger charge is -2.14. The van der Waals surface area contributed by atoms with Gasteiger partial charge in [0.05, 0.1) is 16.4 Å². The molecule has 0 aliphatic rings. The average Bonchev–Trinajstić information content (AvgIpc) is 2.87. The number of amides is 1. The first kappa shape index (κ1) is 24.2. The summed E-state index contributed by atoms with van der Waals surface area (Å²) in [6, 6.07) is 25.4. The Bertz CT molecular complexity index is 1480. The quantitative estimate of drug-likeness (QED) is 0.150. The van der Waals surface area contributed by atoms with E-state index in [4.69, 9.17) is 9.47 Å². The second-order valence-electron chi connectivity index (χ2n) is 7.61. The number of carbonyl (C=O) groups excluding carboxylic acids is 1. The predicted molar refractivity (Wildman–Crippen MR) is 143 cm³/mol. The average molecular weight is 578 g/mol. The molecule has 0 saturated heterocycles. The maximum atomic E-state index is 13.9. The number of rotatable bonds is 7. The van der Waals surface area contributed by atoms with Crippen molar-refractivity contribution in [2.75, 3.05) is 12.4 Å². The number of ether oxygens (including phenoxy) is 2. The summed E-state index contributed by atoms with van der Waals surface area (Å²) in [6.07, 6.45) is 1.42. The molecule has 0 spiro atoms. The molecule has 1 N–H and O–H groups in total. The molecule has 4 aromatic rings. The van der Waals surface area contributed by atoms with Crippen LogP contribution < -0.4 is 14.8 Å². The standard InChI is InChI=1S/C28H20FIN2O3/c1-34-26-15-19(13-22(16-31)28(33)32-25-9-5-4-8-23(25)29)14-24(30)27(26)35-17-18-10-11-20-6-2-3-7-21(20)12-18/h2-15H,17H2,1H3,(H,32,33)/b22-13-. The third kappa shape index (κ3) is 5.78. The number of nitrogens with zero attached hydrogens (tertiary/aromatic N) is 1. The van der Waals surface area contributed by atoms with Crippen LogP contribution in [0.3, 0.4) is 0 Å². The number of nitriles is 1. The smallest absolute Gasteiger partial charge is 0.266 e. The lowest BCUT2D eigenvalue weighted by molar-refractivity contribution is -0.112. The van der Waals surface area contributed by atoms with Gasteiger partial charge in [0.2, 0.25) is 0 Å². The zero-order valence-corrected chi connectivity index (χ0v) is 20.9. The number of fused-ring (bicyclic) bond motifs is 1. The van der Waals surface area contributed by atoms with Crippen molar-refractivity contribution in [3.8, 4) is 17.6 Å². The van der Waals surface area contributed by atoms with Crippen molar-refractivity contribution in [1.82, 2.24) is 0 Å². The van der Waals surface area contributed by atoms with Crippen LogP contribution in [0.2, 0.25) is 0 Å². The van der Waals surface area contributed by atoms with E-state index in [-0.39, 0.29) is 11.3 Å². The van der Waals surface area contributed by atoms with Crippen LogP contribution in [0.1, 0.15) is 11.1 Å². The van der Waals surface area contributed by atoms with E-state index in [1.165, 1.54) is 31.4 Å². The third-order valence-corrected chi connectivity index (χ3v) is 6.05. The SMILES string of the molecule is COc1cc(/C=C(/C#N)C(=O)Nc2ccccc2F)cc(I)c1OCc1ccc2ccccc2c1. The van der Waals surface area contributed by atoms with Gasteiger partial charge in [-0.05, 0) is 80.9 Å². The van der Waals surface area contributed by atoms with E-state index in [9.17, 15) is 14.4 Å². The van der Waals surface area contributed by atoms with Gasteiger partial charge in [-0.15, -0.1) is 0 Å². The summed E-state index contributed by atoms with van der Waals surface area (Å²) in [7, 11) is 1.53. The second-order valence-corrected chi connectivity index (χ2v) is 8.77. The molecule has 35 heavy (non-hydrogen) atoms. The van der Waals surface area contributed by atoms with Crippen molar-refractivity contribution < 1.29 is 18.7 Å². The Labute approximate surface area is 215 Å². The lowest BCUT2D eigenvalue weighted by atomic mass is 10.1. The minimum Gasteiger partial charge on any atom is -0.493 e. The number of nitrogens with one attached hydrogen (secondary N) is 1. The van der Waals surface area contributed by atoms with Crippen LogP contribution in [-0.4, -0.2) is 13.0 Å². The Morgan fingerprint density at radius 2 is 1.80 bits per heavy atom. The van der Waals surface area contributed by atoms with Crippen molar-refractivity contribution in [2.24, 2.45) is 0 Å². The topological polar surface area (TPSA) is 71.3 Å². The van der Waals surface area contributed by atoms with Gasteiger partial charge in [0.1, 0.15) is 24.1 Å². The number of hydrogen-bond acceptors (Lipinski definition) is 4. The first-order chi connectivity index (χ1) is 17.0. The molecule has 4 aromatic carbocycles. The second kappa shape index (κ2) is 11.0. The monoisotopic (exact) mass is 578 g/mol. The van der Waals surface area contributed by atoms with Gasteiger partial charge in [-0.2, -0.15) is 5.26 Å². The van der Waals surface area contributed by atoms with Gasteiger partial charge in [-0.25, -0.2) is 4.39 Å². The van der Waals surface area contributed by atoms with E-state index >= 15 is 0 Å². The summed E-state index contributed by atoms with van der Waals surface area (Å²) in [5, 5.41) is 14.2. The predicted octanol–water partition coefficient (Wildman–Crippen LogP) is 6.72. The molecule has 0 fully saturated rings. The Morgan fingerprint density at radius 1 is 1.06 bits per heavy atom. The number of methoxy groups -OCH3 is 1. The highest BCUT2D eigenvalue weighted by molar-refractivity contribution is 14.1. The van der Waals surface area contributed by atoms with Crippen molar-refractivity contribution in [2.45, 2.75) is 6.61 Å². The Kier molecular flexibility index (Phi) is 7.63. The highest BCUT2D eigenvalue weighted by Crippen LogP contribution is 2.35. The molecule has 4 rings (SSSR count). The minimum atomic E-state index is -0.705. The molecule has 0 aliphatic carbocycles. The zero-order chi connectivity index (χ0) is 24.8. The van der Waals surface area contributed by atoms with Crippen molar-refractivity contribution in [3.05, 3.63) is 105 Å². The minimum absolute atomic E-state index is 0.00301. The van der Waals surface area contributed by atoms with Crippen LogP contribution >= 0.6 is 22.6 Å². The summed E-state index contributed by atoms with van der Waals surface area (Å²) in [6.45, 7) is 0.348. The number of halogens is 2. The zero-order valence-electron chi connectivity index (χ0n) is 18.7. The number of benzene rings is 4. The van der Waals surface area contributed by atoms with Crippen LogP contribution in [0.5, 0.6) is 11.5 Å². The van der Waals surface area contributed by atoms with Crippen LogP contribution in [-0.2, 0) is 11.4 Å². The van der Waals surface area contributed by atoms with Gasteiger partial charge in [-0.3, -0.25) is 4.79 Å². The van der Waals surface area contributed by atoms with E-state index in [0.717, 1.165) is 19.9 Å². The van der Waals surface area contributed by atoms with Gasteiger partial charge >= 0.3 is 0 Å². The fourth-order valence-corrected chi connectivity index (χ4v) is 4.30. The highest BCUT2D eigenvalue weighted by atomic mass is 127. The number of carbonyl (C=O) groups is 1. The van der Waals surface area contributed by atoms with Gasteiger partial charge in [0, 0.05) is 0 Å². The van der Waals surface area contributed by atoms with Gasteiger partial charge in [0.25, 0.3) is 5.91 Å². The molecule has 0 radical (unpaired) electrons. The highest BCUT2D eigenvalue weighted by Gasteiger charge is 2.15. The molecule has 0 aromatic heterocycles. The Hall–Kier alpha value is -3.90. The summed E-state index contributed by atoms with van der Waals surface area (Å²) in [5.41, 5.74) is 1.42. The molecule has 0 atom stereocenters. The van der Waals surface area contributed by atoms with Crippen molar-refractivity contribution in [3.63, 3.8) is 0 Å². The van der Waals surface area contributed by atoms with Gasteiger partial charge in [0.15, 0.2) is 11.5 Å². The first-order valence-electron chi connectivity index (χ1n) is 10.6. The maximum absolute atomic E-state index is 13.9. The lowest BCUT2D eigenvalue weighted by Crippen LogP contribution is -2.14. The summed E-state index contributed by atoms with van der Waals surface area (Å²) in [5.74, 6) is -0.256. The first-order valence-corrected chi connectivity index (χ1v) is 11.7. The van der Waals surface area contributed by atoms with Crippen LogP contribution in [0.15, 0.2) is 84.4 Å². The molecule has 1 amide bonds.